The first-order valence-corrected chi connectivity index (χ1v) is 13.9. The molecule has 1 fully saturated rings. The number of pyridine rings is 1. The molecule has 2 amide bonds. The predicted octanol–water partition coefficient (Wildman–Crippen LogP) is 2.04. The molecule has 0 spiro atoms. The van der Waals surface area contributed by atoms with Crippen LogP contribution in [0.2, 0.25) is 0 Å². The number of β-amino-alcohol motifs (C(OH)–C–C–N with tert-alkyl or cyclic N) is 1. The van der Waals surface area contributed by atoms with Crippen molar-refractivity contribution in [2.75, 3.05) is 13.1 Å². The molecule has 11 heteroatoms. The van der Waals surface area contributed by atoms with Gasteiger partial charge in [-0.25, -0.2) is 13.4 Å². The van der Waals surface area contributed by atoms with Crippen molar-refractivity contribution in [2.45, 2.75) is 56.3 Å². The van der Waals surface area contributed by atoms with Gasteiger partial charge in [-0.05, 0) is 49.4 Å². The number of hydrogen-bond acceptors (Lipinski definition) is 6. The van der Waals surface area contributed by atoms with Crippen LogP contribution in [0.1, 0.15) is 43.6 Å². The first kappa shape index (κ1) is 26.8. The Balaban J connectivity index is 1.43. The molecule has 10 nitrogen and oxygen atoms in total. The molecule has 2 aromatic heterocycles. The number of amides is 2. The summed E-state index contributed by atoms with van der Waals surface area (Å²) in [5, 5.41) is 17.3. The molecule has 3 aromatic rings. The van der Waals surface area contributed by atoms with Gasteiger partial charge < -0.3 is 20.7 Å². The van der Waals surface area contributed by atoms with Gasteiger partial charge in [-0.1, -0.05) is 38.1 Å². The molecule has 1 aromatic carbocycles. The number of rotatable bonds is 8. The molecule has 3 heterocycles. The number of benzene rings is 1. The minimum Gasteiger partial charge on any atom is -0.390 e. The van der Waals surface area contributed by atoms with Gasteiger partial charge in [0.05, 0.1) is 12.1 Å². The van der Waals surface area contributed by atoms with Crippen LogP contribution >= 0.6 is 0 Å². The SMILES string of the molecule is CC(C)CC(NC(=O)c1cc2ccccc2[nH]1)C(=O)NC1CCCN(S(=O)(=O)c2ccccn2)C[C@@H]1O. The van der Waals surface area contributed by atoms with E-state index in [1.807, 2.05) is 38.1 Å². The summed E-state index contributed by atoms with van der Waals surface area (Å²) >= 11 is 0. The number of fused-ring (bicyclic) bond motifs is 1. The molecule has 2 unspecified atom stereocenters. The number of sulfonamides is 1. The second kappa shape index (κ2) is 11.4. The van der Waals surface area contributed by atoms with E-state index in [0.29, 0.717) is 25.0 Å². The molecule has 1 saturated heterocycles. The predicted molar refractivity (Wildman–Crippen MR) is 139 cm³/mol. The lowest BCUT2D eigenvalue weighted by molar-refractivity contribution is -0.125. The minimum atomic E-state index is -3.87. The van der Waals surface area contributed by atoms with Crippen LogP contribution in [0.5, 0.6) is 0 Å². The van der Waals surface area contributed by atoms with E-state index in [9.17, 15) is 23.1 Å². The second-order valence-corrected chi connectivity index (χ2v) is 11.7. The minimum absolute atomic E-state index is 0.0821. The second-order valence-electron chi connectivity index (χ2n) is 9.78. The number of para-hydroxylation sites is 1. The van der Waals surface area contributed by atoms with Gasteiger partial charge >= 0.3 is 0 Å². The first-order valence-electron chi connectivity index (χ1n) is 12.4. The van der Waals surface area contributed by atoms with E-state index >= 15 is 0 Å². The van der Waals surface area contributed by atoms with Gasteiger partial charge in [-0.3, -0.25) is 9.59 Å². The van der Waals surface area contributed by atoms with Crippen LogP contribution in [0.4, 0.5) is 0 Å². The fourth-order valence-electron chi connectivity index (χ4n) is 4.54. The Morgan fingerprint density at radius 2 is 1.95 bits per heavy atom. The van der Waals surface area contributed by atoms with Crippen molar-refractivity contribution in [3.05, 3.63) is 60.4 Å². The monoisotopic (exact) mass is 527 g/mol. The third-order valence-electron chi connectivity index (χ3n) is 6.45. The first-order chi connectivity index (χ1) is 17.6. The van der Waals surface area contributed by atoms with Crippen molar-refractivity contribution in [1.82, 2.24) is 24.9 Å². The number of aliphatic hydroxyl groups is 1. The van der Waals surface area contributed by atoms with Gasteiger partial charge in [0.2, 0.25) is 5.91 Å². The Kier molecular flexibility index (Phi) is 8.25. The number of nitrogens with zero attached hydrogens (tertiary/aromatic N) is 2. The highest BCUT2D eigenvalue weighted by atomic mass is 32.2. The van der Waals surface area contributed by atoms with Crippen LogP contribution in [0.3, 0.4) is 0 Å². The topological polar surface area (TPSA) is 144 Å². The third-order valence-corrected chi connectivity index (χ3v) is 8.23. The zero-order chi connectivity index (χ0) is 26.6. The number of aromatic nitrogens is 2. The quantitative estimate of drug-likeness (QED) is 0.353. The van der Waals surface area contributed by atoms with Crippen molar-refractivity contribution in [2.24, 2.45) is 5.92 Å². The standard InChI is InChI=1S/C26H33N5O5S/c1-17(2)14-21(30-26(34)22-15-18-8-3-4-9-19(18)28-22)25(33)29-20-10-7-13-31(16-23(20)32)37(35,36)24-11-5-6-12-27-24/h3-6,8-9,11-12,15,17,20-21,23,28,32H,7,10,13-14,16H2,1-2H3,(H,29,33)(H,30,34)/t20?,21?,23-/m0/s1. The van der Waals surface area contributed by atoms with Gasteiger partial charge in [-0.2, -0.15) is 4.31 Å². The maximum atomic E-state index is 13.3. The number of nitrogens with one attached hydrogen (secondary N) is 3. The Labute approximate surface area is 216 Å². The lowest BCUT2D eigenvalue weighted by Crippen LogP contribution is -2.54. The van der Waals surface area contributed by atoms with E-state index in [1.165, 1.54) is 16.6 Å². The van der Waals surface area contributed by atoms with Crippen LogP contribution in [0.25, 0.3) is 10.9 Å². The Bertz CT molecular complexity index is 1310. The van der Waals surface area contributed by atoms with E-state index in [4.69, 9.17) is 0 Å². The van der Waals surface area contributed by atoms with Crippen molar-refractivity contribution in [1.29, 1.82) is 0 Å². The van der Waals surface area contributed by atoms with Gasteiger partial charge in [0, 0.05) is 30.2 Å². The van der Waals surface area contributed by atoms with Gasteiger partial charge in [-0.15, -0.1) is 0 Å². The average molecular weight is 528 g/mol. The fourth-order valence-corrected chi connectivity index (χ4v) is 5.97. The molecule has 4 rings (SSSR count). The zero-order valence-electron chi connectivity index (χ0n) is 20.9. The van der Waals surface area contributed by atoms with E-state index in [0.717, 1.165) is 10.9 Å². The summed E-state index contributed by atoms with van der Waals surface area (Å²) in [6.45, 7) is 3.95. The summed E-state index contributed by atoms with van der Waals surface area (Å²) in [5.74, 6) is -0.689. The van der Waals surface area contributed by atoms with E-state index in [-0.39, 0.29) is 24.0 Å². The maximum Gasteiger partial charge on any atom is 0.268 e. The van der Waals surface area contributed by atoms with Gasteiger partial charge in [0.15, 0.2) is 5.03 Å². The molecule has 37 heavy (non-hydrogen) atoms. The lowest BCUT2D eigenvalue weighted by Gasteiger charge is -2.27. The van der Waals surface area contributed by atoms with Crippen LogP contribution in [-0.4, -0.2) is 70.9 Å². The lowest BCUT2D eigenvalue weighted by atomic mass is 10.0. The molecule has 1 aliphatic heterocycles. The Morgan fingerprint density at radius 3 is 2.65 bits per heavy atom. The zero-order valence-corrected chi connectivity index (χ0v) is 21.7. The summed E-state index contributed by atoms with van der Waals surface area (Å²) in [4.78, 5) is 33.2. The van der Waals surface area contributed by atoms with E-state index < -0.39 is 40.0 Å². The normalized spacial score (nSPS) is 19.9. The van der Waals surface area contributed by atoms with Crippen LogP contribution in [-0.2, 0) is 14.8 Å². The molecule has 0 aliphatic carbocycles. The highest BCUT2D eigenvalue weighted by molar-refractivity contribution is 7.89. The third kappa shape index (κ3) is 6.35. The summed E-state index contributed by atoms with van der Waals surface area (Å²) in [7, 11) is -3.87. The number of hydrogen-bond donors (Lipinski definition) is 4. The number of H-pyrrole nitrogens is 1. The van der Waals surface area contributed by atoms with Crippen molar-refractivity contribution < 1.29 is 23.1 Å². The molecular formula is C26H33N5O5S. The molecule has 0 saturated carbocycles. The largest absolute Gasteiger partial charge is 0.390 e. The van der Waals surface area contributed by atoms with E-state index in [2.05, 4.69) is 20.6 Å². The van der Waals surface area contributed by atoms with E-state index in [1.54, 1.807) is 18.2 Å². The summed E-state index contributed by atoms with van der Waals surface area (Å²) in [6, 6.07) is 12.4. The van der Waals surface area contributed by atoms with Gasteiger partial charge in [0.25, 0.3) is 15.9 Å². The average Bonchev–Trinajstić information content (AvgIpc) is 3.23. The number of carbonyl (C=O) groups excluding carboxylic acids is 2. The Hall–Kier alpha value is -3.28. The fraction of sp³-hybridized carbons (Fsp3) is 0.423. The van der Waals surface area contributed by atoms with Gasteiger partial charge in [0.1, 0.15) is 11.7 Å². The molecule has 0 bridgehead atoms. The van der Waals surface area contributed by atoms with Crippen molar-refractivity contribution in [3.8, 4) is 0 Å². The summed E-state index contributed by atoms with van der Waals surface area (Å²) in [5.41, 5.74) is 1.18. The Morgan fingerprint density at radius 1 is 1.19 bits per heavy atom. The molecular weight excluding hydrogens is 494 g/mol. The summed E-state index contributed by atoms with van der Waals surface area (Å²) < 4.78 is 27.2. The van der Waals surface area contributed by atoms with Crippen molar-refractivity contribution in [3.63, 3.8) is 0 Å². The van der Waals surface area contributed by atoms with Crippen molar-refractivity contribution >= 4 is 32.7 Å². The molecule has 0 radical (unpaired) electrons. The maximum absolute atomic E-state index is 13.3. The summed E-state index contributed by atoms with van der Waals surface area (Å²) in [6.07, 6.45) is 1.54. The number of carbonyl (C=O) groups is 2. The number of aromatic amines is 1. The van der Waals surface area contributed by atoms with Crippen LogP contribution in [0, 0.1) is 5.92 Å². The molecule has 4 N–H and O–H groups in total. The van der Waals surface area contributed by atoms with Crippen LogP contribution < -0.4 is 10.6 Å². The highest BCUT2D eigenvalue weighted by Crippen LogP contribution is 2.20. The smallest absolute Gasteiger partial charge is 0.268 e. The highest BCUT2D eigenvalue weighted by Gasteiger charge is 2.35. The molecule has 1 aliphatic rings. The molecule has 3 atom stereocenters. The number of aliphatic hydroxyl groups excluding tert-OH is 1. The van der Waals surface area contributed by atoms with Crippen LogP contribution in [0.15, 0.2) is 59.8 Å². The molecule has 198 valence electrons.